The predicted octanol–water partition coefficient (Wildman–Crippen LogP) is 4.04. The number of nitrogens with zero attached hydrogens (tertiary/aromatic N) is 3. The van der Waals surface area contributed by atoms with Crippen molar-refractivity contribution in [2.24, 2.45) is 5.92 Å². The molecule has 2 aromatic heterocycles. The molecule has 0 aliphatic carbocycles. The van der Waals surface area contributed by atoms with E-state index in [4.69, 9.17) is 0 Å². The number of nitrogens with one attached hydrogen (secondary N) is 1. The van der Waals surface area contributed by atoms with E-state index in [-0.39, 0.29) is 5.91 Å². The predicted molar refractivity (Wildman–Crippen MR) is 104 cm³/mol. The summed E-state index contributed by atoms with van der Waals surface area (Å²) in [5, 5.41) is 7.69. The lowest BCUT2D eigenvalue weighted by Crippen LogP contribution is -2.27. The van der Waals surface area contributed by atoms with Crippen LogP contribution in [0.2, 0.25) is 0 Å². The summed E-state index contributed by atoms with van der Waals surface area (Å²) in [6.45, 7) is 8.99. The highest BCUT2D eigenvalue weighted by Crippen LogP contribution is 2.28. The number of aryl methyl sites for hydroxylation is 2. The minimum absolute atomic E-state index is 0.0775. The van der Waals surface area contributed by atoms with Crippen LogP contribution in [0.1, 0.15) is 48.9 Å². The number of amides is 1. The van der Waals surface area contributed by atoms with Gasteiger partial charge in [0, 0.05) is 18.3 Å². The maximum absolute atomic E-state index is 12.6. The van der Waals surface area contributed by atoms with Gasteiger partial charge in [-0.2, -0.15) is 5.10 Å². The van der Waals surface area contributed by atoms with E-state index in [1.807, 2.05) is 36.6 Å². The third-order valence-electron chi connectivity index (χ3n) is 4.57. The summed E-state index contributed by atoms with van der Waals surface area (Å²) in [5.41, 5.74) is 5.31. The molecule has 0 spiro atoms. The second-order valence-corrected chi connectivity index (χ2v) is 6.97. The van der Waals surface area contributed by atoms with Crippen LogP contribution in [0.3, 0.4) is 0 Å². The minimum atomic E-state index is -0.0775. The smallest absolute Gasteiger partial charge is 0.254 e. The summed E-state index contributed by atoms with van der Waals surface area (Å²) in [4.78, 5) is 17.2. The van der Waals surface area contributed by atoms with Crippen LogP contribution >= 0.6 is 0 Å². The van der Waals surface area contributed by atoms with Gasteiger partial charge < -0.3 is 5.32 Å². The van der Waals surface area contributed by atoms with Crippen LogP contribution in [0, 0.1) is 12.8 Å². The van der Waals surface area contributed by atoms with Crippen LogP contribution in [0.4, 0.5) is 0 Å². The van der Waals surface area contributed by atoms with Gasteiger partial charge in [-0.15, -0.1) is 0 Å². The first-order chi connectivity index (χ1) is 12.5. The molecule has 0 radical (unpaired) electrons. The lowest BCUT2D eigenvalue weighted by molar-refractivity contribution is 0.0950. The minimum Gasteiger partial charge on any atom is -0.352 e. The Morgan fingerprint density at radius 2 is 1.96 bits per heavy atom. The maximum Gasteiger partial charge on any atom is 0.254 e. The molecule has 26 heavy (non-hydrogen) atoms. The molecule has 0 fully saturated rings. The van der Waals surface area contributed by atoms with Crippen molar-refractivity contribution in [3.63, 3.8) is 0 Å². The SMILES string of the molecule is CCc1c(C(=O)NCCC(C)C)cnc2c(-c3ccccc3)c(C)nn12. The summed E-state index contributed by atoms with van der Waals surface area (Å²) >= 11 is 0. The number of hydrogen-bond donors (Lipinski definition) is 1. The number of aromatic nitrogens is 3. The first-order valence-electron chi connectivity index (χ1n) is 9.23. The summed E-state index contributed by atoms with van der Waals surface area (Å²) < 4.78 is 1.83. The van der Waals surface area contributed by atoms with Crippen LogP contribution in [-0.4, -0.2) is 27.0 Å². The first-order valence-corrected chi connectivity index (χ1v) is 9.23. The molecule has 3 rings (SSSR count). The van der Waals surface area contributed by atoms with Crippen molar-refractivity contribution in [2.45, 2.75) is 40.5 Å². The second-order valence-electron chi connectivity index (χ2n) is 6.97. The Hall–Kier alpha value is -2.69. The molecular formula is C21H26N4O. The Morgan fingerprint density at radius 3 is 2.62 bits per heavy atom. The van der Waals surface area contributed by atoms with Crippen LogP contribution in [0.25, 0.3) is 16.8 Å². The van der Waals surface area contributed by atoms with Gasteiger partial charge in [-0.3, -0.25) is 4.79 Å². The van der Waals surface area contributed by atoms with Gasteiger partial charge in [-0.05, 0) is 31.2 Å². The fraction of sp³-hybridized carbons (Fsp3) is 0.381. The van der Waals surface area contributed by atoms with E-state index in [0.29, 0.717) is 24.4 Å². The lowest BCUT2D eigenvalue weighted by atomic mass is 10.1. The zero-order chi connectivity index (χ0) is 18.7. The molecule has 0 unspecified atom stereocenters. The molecule has 0 atom stereocenters. The average Bonchev–Trinajstić information content (AvgIpc) is 2.97. The Morgan fingerprint density at radius 1 is 1.23 bits per heavy atom. The molecule has 2 heterocycles. The Bertz CT molecular complexity index is 913. The van der Waals surface area contributed by atoms with Crippen molar-refractivity contribution in [2.75, 3.05) is 6.54 Å². The van der Waals surface area contributed by atoms with E-state index >= 15 is 0 Å². The van der Waals surface area contributed by atoms with Gasteiger partial charge in [0.05, 0.1) is 17.0 Å². The van der Waals surface area contributed by atoms with Crippen LogP contribution in [0.5, 0.6) is 0 Å². The molecule has 0 aliphatic heterocycles. The molecule has 0 saturated heterocycles. The fourth-order valence-corrected chi connectivity index (χ4v) is 3.18. The monoisotopic (exact) mass is 350 g/mol. The summed E-state index contributed by atoms with van der Waals surface area (Å²) in [7, 11) is 0. The van der Waals surface area contributed by atoms with Crippen molar-refractivity contribution in [1.82, 2.24) is 19.9 Å². The van der Waals surface area contributed by atoms with Crippen molar-refractivity contribution >= 4 is 11.6 Å². The molecule has 0 aliphatic rings. The van der Waals surface area contributed by atoms with Gasteiger partial charge >= 0.3 is 0 Å². The average molecular weight is 350 g/mol. The van der Waals surface area contributed by atoms with Crippen molar-refractivity contribution in [3.05, 3.63) is 53.5 Å². The summed E-state index contributed by atoms with van der Waals surface area (Å²) in [6, 6.07) is 10.1. The topological polar surface area (TPSA) is 59.3 Å². The van der Waals surface area contributed by atoms with Crippen LogP contribution in [0.15, 0.2) is 36.5 Å². The molecule has 1 aromatic carbocycles. The summed E-state index contributed by atoms with van der Waals surface area (Å²) in [5.74, 6) is 0.482. The zero-order valence-corrected chi connectivity index (χ0v) is 15.9. The van der Waals surface area contributed by atoms with Gasteiger partial charge in [0.2, 0.25) is 0 Å². The molecular weight excluding hydrogens is 324 g/mol. The molecule has 3 aromatic rings. The van der Waals surface area contributed by atoms with Crippen LogP contribution in [-0.2, 0) is 6.42 Å². The first kappa shape index (κ1) is 18.1. The molecule has 5 heteroatoms. The Kier molecular flexibility index (Phi) is 5.35. The second kappa shape index (κ2) is 7.68. The third kappa shape index (κ3) is 3.47. The Balaban J connectivity index is 2.02. The van der Waals surface area contributed by atoms with Crippen molar-refractivity contribution < 1.29 is 4.79 Å². The van der Waals surface area contributed by atoms with Crippen molar-refractivity contribution in [3.8, 4) is 11.1 Å². The number of hydrogen-bond acceptors (Lipinski definition) is 3. The largest absolute Gasteiger partial charge is 0.352 e. The molecule has 5 nitrogen and oxygen atoms in total. The number of carbonyl (C=O) groups excluding carboxylic acids is 1. The normalized spacial score (nSPS) is 11.3. The van der Waals surface area contributed by atoms with Crippen molar-refractivity contribution in [1.29, 1.82) is 0 Å². The maximum atomic E-state index is 12.6. The van der Waals surface area contributed by atoms with Gasteiger partial charge in [-0.25, -0.2) is 9.50 Å². The number of benzene rings is 1. The zero-order valence-electron chi connectivity index (χ0n) is 15.9. The van der Waals surface area contributed by atoms with E-state index in [9.17, 15) is 4.79 Å². The van der Waals surface area contributed by atoms with E-state index in [1.165, 1.54) is 0 Å². The Labute approximate surface area is 154 Å². The number of fused-ring (bicyclic) bond motifs is 1. The van der Waals surface area contributed by atoms with Gasteiger partial charge in [0.1, 0.15) is 0 Å². The highest BCUT2D eigenvalue weighted by molar-refractivity contribution is 5.95. The molecule has 0 saturated carbocycles. The van der Waals surface area contributed by atoms with E-state index in [2.05, 4.69) is 41.4 Å². The molecule has 1 N–H and O–H groups in total. The molecule has 136 valence electrons. The lowest BCUT2D eigenvalue weighted by Gasteiger charge is -2.11. The fourth-order valence-electron chi connectivity index (χ4n) is 3.18. The van der Waals surface area contributed by atoms with Gasteiger partial charge in [0.15, 0.2) is 5.65 Å². The highest BCUT2D eigenvalue weighted by atomic mass is 16.1. The van der Waals surface area contributed by atoms with E-state index in [1.54, 1.807) is 6.20 Å². The standard InChI is InChI=1S/C21H26N4O/c1-5-18-17(21(26)22-12-11-14(2)3)13-23-20-19(15(4)24-25(18)20)16-9-7-6-8-10-16/h6-10,13-14H,5,11-12H2,1-4H3,(H,22,26). The number of rotatable bonds is 6. The van der Waals surface area contributed by atoms with E-state index < -0.39 is 0 Å². The van der Waals surface area contributed by atoms with E-state index in [0.717, 1.165) is 34.6 Å². The molecule has 1 amide bonds. The number of carbonyl (C=O) groups is 1. The van der Waals surface area contributed by atoms with Crippen LogP contribution < -0.4 is 5.32 Å². The quantitative estimate of drug-likeness (QED) is 0.730. The van der Waals surface area contributed by atoms with Gasteiger partial charge in [-0.1, -0.05) is 51.1 Å². The molecule has 0 bridgehead atoms. The highest BCUT2D eigenvalue weighted by Gasteiger charge is 2.19. The third-order valence-corrected chi connectivity index (χ3v) is 4.57. The summed E-state index contributed by atoms with van der Waals surface area (Å²) in [6.07, 6.45) is 3.36. The van der Waals surface area contributed by atoms with Gasteiger partial charge in [0.25, 0.3) is 5.91 Å².